The lowest BCUT2D eigenvalue weighted by Crippen LogP contribution is -2.09. The van der Waals surface area contributed by atoms with Crippen LogP contribution in [-0.4, -0.2) is 24.4 Å². The van der Waals surface area contributed by atoms with E-state index in [-0.39, 0.29) is 12.7 Å². The molecule has 0 amide bonds. The van der Waals surface area contributed by atoms with Gasteiger partial charge < -0.3 is 9.84 Å². The summed E-state index contributed by atoms with van der Waals surface area (Å²) in [4.78, 5) is 0. The third-order valence-corrected chi connectivity index (χ3v) is 0.853. The number of rotatable bonds is 4. The zero-order valence-corrected chi connectivity index (χ0v) is 5.26. The molecule has 0 rings (SSSR count). The molecule has 1 unspecified atom stereocenters. The Balaban J connectivity index is 2.92. The zero-order chi connectivity index (χ0) is 6.41. The van der Waals surface area contributed by atoms with Crippen LogP contribution in [0.4, 0.5) is 0 Å². The summed E-state index contributed by atoms with van der Waals surface area (Å²) >= 11 is 0. The van der Waals surface area contributed by atoms with Crippen LogP contribution in [0.1, 0.15) is 13.3 Å². The molecule has 1 N–H and O–H groups in total. The highest BCUT2D eigenvalue weighted by Gasteiger charge is 1.96. The topological polar surface area (TPSA) is 29.5 Å². The van der Waals surface area contributed by atoms with Crippen molar-refractivity contribution >= 4 is 0 Å². The Morgan fingerprint density at radius 3 is 2.75 bits per heavy atom. The average molecular weight is 117 g/mol. The van der Waals surface area contributed by atoms with E-state index in [0.29, 0.717) is 13.0 Å². The quantitative estimate of drug-likeness (QED) is 0.584. The molecule has 1 radical (unpaired) electrons. The van der Waals surface area contributed by atoms with E-state index in [4.69, 9.17) is 9.84 Å². The van der Waals surface area contributed by atoms with Crippen LogP contribution in [0.5, 0.6) is 0 Å². The molecule has 0 aromatic carbocycles. The Kier molecular flexibility index (Phi) is 5.01. The van der Waals surface area contributed by atoms with E-state index in [2.05, 4.69) is 6.92 Å². The molecular formula is C6H13O2. The summed E-state index contributed by atoms with van der Waals surface area (Å²) in [7, 11) is 0. The van der Waals surface area contributed by atoms with Crippen LogP contribution in [0.2, 0.25) is 0 Å². The highest BCUT2D eigenvalue weighted by molar-refractivity contribution is 4.57. The van der Waals surface area contributed by atoms with E-state index >= 15 is 0 Å². The first-order valence-electron chi connectivity index (χ1n) is 2.86. The van der Waals surface area contributed by atoms with Gasteiger partial charge in [0.15, 0.2) is 0 Å². The van der Waals surface area contributed by atoms with Crippen LogP contribution in [0.25, 0.3) is 0 Å². The first kappa shape index (κ1) is 7.92. The van der Waals surface area contributed by atoms with Crippen molar-refractivity contribution in [1.82, 2.24) is 0 Å². The predicted octanol–water partition coefficient (Wildman–Crippen LogP) is 0.608. The Hall–Kier alpha value is -0.0800. The molecule has 0 aromatic rings. The van der Waals surface area contributed by atoms with Crippen LogP contribution in [0.3, 0.4) is 0 Å². The van der Waals surface area contributed by atoms with Gasteiger partial charge in [-0.05, 0) is 20.3 Å². The first-order valence-corrected chi connectivity index (χ1v) is 2.86. The van der Waals surface area contributed by atoms with Crippen molar-refractivity contribution in [3.05, 3.63) is 6.92 Å². The van der Waals surface area contributed by atoms with Crippen molar-refractivity contribution in [1.29, 1.82) is 0 Å². The molecule has 0 fully saturated rings. The SMILES string of the molecule is [CH2]C(CCO)OCC. The van der Waals surface area contributed by atoms with E-state index in [1.807, 2.05) is 6.92 Å². The van der Waals surface area contributed by atoms with Gasteiger partial charge in [-0.25, -0.2) is 0 Å². The minimum Gasteiger partial charge on any atom is -0.396 e. The molecule has 0 aliphatic carbocycles. The molecule has 0 aromatic heterocycles. The minimum absolute atomic E-state index is 0.0370. The lowest BCUT2D eigenvalue weighted by molar-refractivity contribution is 0.0739. The maximum absolute atomic E-state index is 8.34. The minimum atomic E-state index is -0.0370. The fourth-order valence-electron chi connectivity index (χ4n) is 0.463. The summed E-state index contributed by atoms with van der Waals surface area (Å²) in [5, 5.41) is 8.34. The lowest BCUT2D eigenvalue weighted by atomic mass is 10.3. The van der Waals surface area contributed by atoms with Gasteiger partial charge in [0.05, 0.1) is 6.10 Å². The molecule has 0 saturated carbocycles. The second-order valence-corrected chi connectivity index (χ2v) is 1.59. The largest absolute Gasteiger partial charge is 0.396 e. The average Bonchev–Trinajstić information content (AvgIpc) is 1.68. The third kappa shape index (κ3) is 4.09. The van der Waals surface area contributed by atoms with Gasteiger partial charge in [-0.2, -0.15) is 0 Å². The van der Waals surface area contributed by atoms with Crippen molar-refractivity contribution in [3.63, 3.8) is 0 Å². The first-order chi connectivity index (χ1) is 3.81. The van der Waals surface area contributed by atoms with E-state index in [1.54, 1.807) is 0 Å². The van der Waals surface area contributed by atoms with Crippen LogP contribution in [0, 0.1) is 6.92 Å². The Labute approximate surface area is 50.5 Å². The highest BCUT2D eigenvalue weighted by atomic mass is 16.5. The summed E-state index contributed by atoms with van der Waals surface area (Å²) in [5.74, 6) is 0. The smallest absolute Gasteiger partial charge is 0.0597 e. The highest BCUT2D eigenvalue weighted by Crippen LogP contribution is 1.93. The fraction of sp³-hybridized carbons (Fsp3) is 0.833. The second kappa shape index (κ2) is 5.06. The van der Waals surface area contributed by atoms with Crippen molar-refractivity contribution in [2.45, 2.75) is 19.4 Å². The normalized spacial score (nSPS) is 13.9. The molecular weight excluding hydrogens is 104 g/mol. The molecule has 2 heteroatoms. The molecule has 2 nitrogen and oxygen atoms in total. The van der Waals surface area contributed by atoms with Gasteiger partial charge in [0.25, 0.3) is 0 Å². The van der Waals surface area contributed by atoms with Gasteiger partial charge >= 0.3 is 0 Å². The maximum Gasteiger partial charge on any atom is 0.0597 e. The molecule has 0 aliphatic rings. The summed E-state index contributed by atoms with van der Waals surface area (Å²) in [6, 6.07) is 0. The number of aliphatic hydroxyl groups is 1. The van der Waals surface area contributed by atoms with Gasteiger partial charge in [0.2, 0.25) is 0 Å². The van der Waals surface area contributed by atoms with Gasteiger partial charge in [0, 0.05) is 13.2 Å². The Bertz CT molecular complexity index is 39.8. The maximum atomic E-state index is 8.34. The standard InChI is InChI=1S/C6H13O2/c1-3-8-6(2)4-5-7/h6-7H,2-5H2,1H3. The van der Waals surface area contributed by atoms with E-state index in [1.165, 1.54) is 0 Å². The van der Waals surface area contributed by atoms with Crippen LogP contribution >= 0.6 is 0 Å². The predicted molar refractivity (Wildman–Crippen MR) is 32.5 cm³/mol. The van der Waals surface area contributed by atoms with Gasteiger partial charge in [0.1, 0.15) is 0 Å². The molecule has 0 bridgehead atoms. The van der Waals surface area contributed by atoms with E-state index in [0.717, 1.165) is 0 Å². The second-order valence-electron chi connectivity index (χ2n) is 1.59. The van der Waals surface area contributed by atoms with Crippen LogP contribution in [0.15, 0.2) is 0 Å². The van der Waals surface area contributed by atoms with Crippen molar-refractivity contribution in [2.75, 3.05) is 13.2 Å². The molecule has 49 valence electrons. The molecule has 0 aliphatic heterocycles. The molecule has 1 atom stereocenters. The number of aliphatic hydroxyl groups excluding tert-OH is 1. The number of hydrogen-bond acceptors (Lipinski definition) is 2. The summed E-state index contributed by atoms with van der Waals surface area (Å²) in [6.07, 6.45) is 0.596. The van der Waals surface area contributed by atoms with Crippen LogP contribution < -0.4 is 0 Å². The van der Waals surface area contributed by atoms with Crippen molar-refractivity contribution in [3.8, 4) is 0 Å². The molecule has 0 saturated heterocycles. The Morgan fingerprint density at radius 2 is 2.38 bits per heavy atom. The summed E-state index contributed by atoms with van der Waals surface area (Å²) < 4.78 is 5.01. The monoisotopic (exact) mass is 117 g/mol. The van der Waals surface area contributed by atoms with Crippen LogP contribution in [-0.2, 0) is 4.74 Å². The molecule has 0 spiro atoms. The van der Waals surface area contributed by atoms with Gasteiger partial charge in [-0.1, -0.05) is 0 Å². The van der Waals surface area contributed by atoms with Crippen molar-refractivity contribution < 1.29 is 9.84 Å². The molecule has 0 heterocycles. The van der Waals surface area contributed by atoms with E-state index in [9.17, 15) is 0 Å². The number of ether oxygens (including phenoxy) is 1. The summed E-state index contributed by atoms with van der Waals surface area (Å²) in [6.45, 7) is 6.38. The van der Waals surface area contributed by atoms with E-state index < -0.39 is 0 Å². The third-order valence-electron chi connectivity index (χ3n) is 0.853. The van der Waals surface area contributed by atoms with Crippen molar-refractivity contribution in [2.24, 2.45) is 0 Å². The van der Waals surface area contributed by atoms with Gasteiger partial charge in [-0.3, -0.25) is 0 Å². The lowest BCUT2D eigenvalue weighted by Gasteiger charge is -2.07. The fourth-order valence-corrected chi connectivity index (χ4v) is 0.463. The number of hydrogen-bond donors (Lipinski definition) is 1. The molecule has 8 heavy (non-hydrogen) atoms. The Morgan fingerprint density at radius 1 is 1.75 bits per heavy atom. The van der Waals surface area contributed by atoms with Gasteiger partial charge in [-0.15, -0.1) is 0 Å². The zero-order valence-electron chi connectivity index (χ0n) is 5.26. The summed E-state index contributed by atoms with van der Waals surface area (Å²) in [5.41, 5.74) is 0.